The van der Waals surface area contributed by atoms with E-state index in [1.165, 1.54) is 0 Å². The zero-order chi connectivity index (χ0) is 24.8. The predicted octanol–water partition coefficient (Wildman–Crippen LogP) is 3.47. The molecule has 1 fully saturated rings. The van der Waals surface area contributed by atoms with Gasteiger partial charge in [0.2, 0.25) is 10.0 Å². The molecule has 0 bridgehead atoms. The van der Waals surface area contributed by atoms with Gasteiger partial charge in [-0.15, -0.1) is 0 Å². The van der Waals surface area contributed by atoms with Gasteiger partial charge in [0.15, 0.2) is 0 Å². The lowest BCUT2D eigenvalue weighted by Gasteiger charge is -2.34. The molecule has 0 spiro atoms. The smallest absolute Gasteiger partial charge is 0.253 e. The van der Waals surface area contributed by atoms with Crippen LogP contribution in [0.5, 0.6) is 5.75 Å². The van der Waals surface area contributed by atoms with E-state index in [-0.39, 0.29) is 5.91 Å². The molecule has 4 rings (SSSR count). The molecule has 0 radical (unpaired) electrons. The second-order valence-electron chi connectivity index (χ2n) is 8.70. The fourth-order valence-electron chi connectivity index (χ4n) is 4.18. The number of carbonyl (C=O) groups is 1. The molecule has 0 aromatic heterocycles. The van der Waals surface area contributed by atoms with Crippen molar-refractivity contribution in [1.29, 1.82) is 0 Å². The van der Waals surface area contributed by atoms with E-state index in [4.69, 9.17) is 4.74 Å². The lowest BCUT2D eigenvalue weighted by Crippen LogP contribution is -2.48. The van der Waals surface area contributed by atoms with Crippen molar-refractivity contribution in [2.45, 2.75) is 18.0 Å². The van der Waals surface area contributed by atoms with Crippen molar-refractivity contribution in [3.63, 3.8) is 0 Å². The Morgan fingerprint density at radius 2 is 1.46 bits per heavy atom. The molecule has 184 valence electrons. The van der Waals surface area contributed by atoms with Crippen molar-refractivity contribution in [1.82, 2.24) is 14.1 Å². The second kappa shape index (κ2) is 11.0. The number of ether oxygens (including phenoxy) is 1. The monoisotopic (exact) mass is 493 g/mol. The molecular formula is C27H31N3O4S. The van der Waals surface area contributed by atoms with Gasteiger partial charge in [-0.3, -0.25) is 9.69 Å². The number of sulfonamides is 1. The van der Waals surface area contributed by atoms with Crippen LogP contribution < -0.4 is 4.74 Å². The molecule has 3 aromatic carbocycles. The van der Waals surface area contributed by atoms with Gasteiger partial charge >= 0.3 is 0 Å². The molecular weight excluding hydrogens is 462 g/mol. The standard InChI is InChI=1S/C27H31N3O4S/c1-28(20-22-10-14-25(34-2)15-11-22)27(31)24-12-8-23(9-13-24)21-29-16-18-30(19-17-29)35(32,33)26-6-4-3-5-7-26/h3-15H,16-21H2,1-2H3. The number of rotatable bonds is 8. The quantitative estimate of drug-likeness (QED) is 0.481. The molecule has 1 aliphatic heterocycles. The highest BCUT2D eigenvalue weighted by Gasteiger charge is 2.28. The third kappa shape index (κ3) is 6.08. The van der Waals surface area contributed by atoms with Crippen molar-refractivity contribution in [2.75, 3.05) is 40.3 Å². The molecule has 0 saturated carbocycles. The van der Waals surface area contributed by atoms with Crippen molar-refractivity contribution in [3.8, 4) is 5.75 Å². The van der Waals surface area contributed by atoms with Gasteiger partial charge in [-0.25, -0.2) is 8.42 Å². The van der Waals surface area contributed by atoms with Crippen molar-refractivity contribution >= 4 is 15.9 Å². The van der Waals surface area contributed by atoms with Crippen LogP contribution in [0.2, 0.25) is 0 Å². The van der Waals surface area contributed by atoms with Crippen molar-refractivity contribution < 1.29 is 17.9 Å². The molecule has 3 aromatic rings. The molecule has 7 nitrogen and oxygen atoms in total. The number of hydrogen-bond donors (Lipinski definition) is 0. The van der Waals surface area contributed by atoms with E-state index in [0.29, 0.717) is 43.2 Å². The Morgan fingerprint density at radius 3 is 2.06 bits per heavy atom. The molecule has 0 N–H and O–H groups in total. The first-order valence-corrected chi connectivity index (χ1v) is 13.1. The van der Waals surface area contributed by atoms with E-state index in [9.17, 15) is 13.2 Å². The Morgan fingerprint density at radius 1 is 0.857 bits per heavy atom. The summed E-state index contributed by atoms with van der Waals surface area (Å²) in [5.41, 5.74) is 2.77. The van der Waals surface area contributed by atoms with Crippen LogP contribution in [0.25, 0.3) is 0 Å². The number of carbonyl (C=O) groups excluding carboxylic acids is 1. The Kier molecular flexibility index (Phi) is 7.85. The largest absolute Gasteiger partial charge is 0.497 e. The average molecular weight is 494 g/mol. The number of amides is 1. The average Bonchev–Trinajstić information content (AvgIpc) is 2.90. The molecule has 1 heterocycles. The second-order valence-corrected chi connectivity index (χ2v) is 10.6. The molecule has 1 saturated heterocycles. The highest BCUT2D eigenvalue weighted by atomic mass is 32.2. The van der Waals surface area contributed by atoms with Crippen LogP contribution in [-0.2, 0) is 23.1 Å². The minimum Gasteiger partial charge on any atom is -0.497 e. The van der Waals surface area contributed by atoms with E-state index >= 15 is 0 Å². The molecule has 1 aliphatic rings. The normalized spacial score (nSPS) is 15.0. The van der Waals surface area contributed by atoms with E-state index in [0.717, 1.165) is 23.4 Å². The fourth-order valence-corrected chi connectivity index (χ4v) is 5.62. The first kappa shape index (κ1) is 24.9. The summed E-state index contributed by atoms with van der Waals surface area (Å²) in [4.78, 5) is 17.1. The van der Waals surface area contributed by atoms with Gasteiger partial charge < -0.3 is 9.64 Å². The van der Waals surface area contributed by atoms with Gasteiger partial charge in [-0.05, 0) is 47.5 Å². The first-order valence-electron chi connectivity index (χ1n) is 11.6. The molecule has 0 aliphatic carbocycles. The highest BCUT2D eigenvalue weighted by molar-refractivity contribution is 7.89. The van der Waals surface area contributed by atoms with E-state index in [2.05, 4.69) is 4.90 Å². The Bertz CT molecular complexity index is 1220. The maximum absolute atomic E-state index is 12.8. The van der Waals surface area contributed by atoms with Crippen LogP contribution >= 0.6 is 0 Å². The summed E-state index contributed by atoms with van der Waals surface area (Å²) in [6, 6.07) is 23.9. The Balaban J connectivity index is 1.29. The van der Waals surface area contributed by atoms with Gasteiger partial charge in [0, 0.05) is 51.9 Å². The van der Waals surface area contributed by atoms with Gasteiger partial charge in [-0.2, -0.15) is 4.31 Å². The Hall–Kier alpha value is -3.20. The topological polar surface area (TPSA) is 70.2 Å². The lowest BCUT2D eigenvalue weighted by molar-refractivity contribution is 0.0785. The summed E-state index contributed by atoms with van der Waals surface area (Å²) in [5.74, 6) is 0.754. The summed E-state index contributed by atoms with van der Waals surface area (Å²) in [7, 11) is -0.0249. The van der Waals surface area contributed by atoms with Gasteiger partial charge in [0.25, 0.3) is 5.91 Å². The van der Waals surface area contributed by atoms with Gasteiger partial charge in [-0.1, -0.05) is 42.5 Å². The third-order valence-electron chi connectivity index (χ3n) is 6.24. The highest BCUT2D eigenvalue weighted by Crippen LogP contribution is 2.19. The number of hydrogen-bond acceptors (Lipinski definition) is 5. The van der Waals surface area contributed by atoms with Crippen molar-refractivity contribution in [3.05, 3.63) is 95.6 Å². The zero-order valence-electron chi connectivity index (χ0n) is 20.1. The maximum atomic E-state index is 12.8. The summed E-state index contributed by atoms with van der Waals surface area (Å²) >= 11 is 0. The summed E-state index contributed by atoms with van der Waals surface area (Å²) in [6.07, 6.45) is 0. The summed E-state index contributed by atoms with van der Waals surface area (Å²) < 4.78 is 32.4. The number of methoxy groups -OCH3 is 1. The molecule has 35 heavy (non-hydrogen) atoms. The predicted molar refractivity (Wildman–Crippen MR) is 136 cm³/mol. The maximum Gasteiger partial charge on any atom is 0.253 e. The van der Waals surface area contributed by atoms with E-state index in [1.54, 1.807) is 47.6 Å². The van der Waals surface area contributed by atoms with Crippen LogP contribution in [0.15, 0.2) is 83.8 Å². The summed E-state index contributed by atoms with van der Waals surface area (Å²) in [6.45, 7) is 3.48. The number of piperazine rings is 1. The zero-order valence-corrected chi connectivity index (χ0v) is 20.9. The minimum atomic E-state index is -3.45. The molecule has 8 heteroatoms. The Labute approximate surface area is 207 Å². The van der Waals surface area contributed by atoms with Gasteiger partial charge in [0.1, 0.15) is 5.75 Å². The van der Waals surface area contributed by atoms with Crippen molar-refractivity contribution in [2.24, 2.45) is 0 Å². The molecule has 0 atom stereocenters. The first-order chi connectivity index (χ1) is 16.9. The summed E-state index contributed by atoms with van der Waals surface area (Å²) in [5, 5.41) is 0. The fraction of sp³-hybridized carbons (Fsp3) is 0.296. The lowest BCUT2D eigenvalue weighted by atomic mass is 10.1. The van der Waals surface area contributed by atoms with Crippen LogP contribution in [0.4, 0.5) is 0 Å². The third-order valence-corrected chi connectivity index (χ3v) is 8.16. The molecule has 0 unspecified atom stereocenters. The molecule has 1 amide bonds. The van der Waals surface area contributed by atoms with Crippen LogP contribution in [0.3, 0.4) is 0 Å². The van der Waals surface area contributed by atoms with E-state index in [1.807, 2.05) is 54.6 Å². The SMILES string of the molecule is COc1ccc(CN(C)C(=O)c2ccc(CN3CCN(S(=O)(=O)c4ccccc4)CC3)cc2)cc1. The minimum absolute atomic E-state index is 0.0351. The van der Waals surface area contributed by atoms with Crippen LogP contribution in [-0.4, -0.2) is 68.8 Å². The van der Waals surface area contributed by atoms with E-state index < -0.39 is 10.0 Å². The van der Waals surface area contributed by atoms with Gasteiger partial charge in [0.05, 0.1) is 12.0 Å². The van der Waals surface area contributed by atoms with Crippen LogP contribution in [0.1, 0.15) is 21.5 Å². The number of benzene rings is 3. The number of nitrogens with zero attached hydrogens (tertiary/aromatic N) is 3. The van der Waals surface area contributed by atoms with Crippen LogP contribution in [0, 0.1) is 0 Å².